The summed E-state index contributed by atoms with van der Waals surface area (Å²) in [4.78, 5) is 12.3. The first-order valence-corrected chi connectivity index (χ1v) is 8.30. The summed E-state index contributed by atoms with van der Waals surface area (Å²) < 4.78 is 5.31. The van der Waals surface area contributed by atoms with Gasteiger partial charge in [0.25, 0.3) is 0 Å². The fourth-order valence-corrected chi connectivity index (χ4v) is 3.06. The summed E-state index contributed by atoms with van der Waals surface area (Å²) in [7, 11) is 0. The Morgan fingerprint density at radius 3 is 2.64 bits per heavy atom. The van der Waals surface area contributed by atoms with E-state index in [9.17, 15) is 9.90 Å². The second-order valence-electron chi connectivity index (χ2n) is 5.97. The highest BCUT2D eigenvalue weighted by Gasteiger charge is 2.23. The molecule has 1 heterocycles. The molecule has 1 aliphatic heterocycles. The van der Waals surface area contributed by atoms with Crippen LogP contribution in [0.25, 0.3) is 0 Å². The van der Waals surface area contributed by atoms with Crippen molar-refractivity contribution in [3.05, 3.63) is 35.9 Å². The van der Waals surface area contributed by atoms with E-state index < -0.39 is 0 Å². The number of nitrogens with one attached hydrogen (secondary N) is 1. The molecule has 2 N–H and O–H groups in total. The molecule has 1 amide bonds. The summed E-state index contributed by atoms with van der Waals surface area (Å²) in [5.74, 6) is 0.246. The Balaban J connectivity index is 1.76. The summed E-state index contributed by atoms with van der Waals surface area (Å²) in [6.07, 6.45) is 2.87. The lowest BCUT2D eigenvalue weighted by Gasteiger charge is -2.27. The van der Waals surface area contributed by atoms with Crippen molar-refractivity contribution < 1.29 is 14.6 Å². The van der Waals surface area contributed by atoms with Gasteiger partial charge >= 0.3 is 0 Å². The van der Waals surface area contributed by atoms with Crippen LogP contribution in [-0.2, 0) is 9.53 Å². The van der Waals surface area contributed by atoms with Crippen LogP contribution in [0.2, 0.25) is 0 Å². The van der Waals surface area contributed by atoms with E-state index in [1.165, 1.54) is 0 Å². The molecule has 0 saturated carbocycles. The molecule has 0 radical (unpaired) electrons. The van der Waals surface area contributed by atoms with Crippen LogP contribution in [0, 0.1) is 5.92 Å². The van der Waals surface area contributed by atoms with Gasteiger partial charge in [0.15, 0.2) is 0 Å². The fourth-order valence-electron chi connectivity index (χ4n) is 3.06. The molecule has 0 aliphatic carbocycles. The molecule has 122 valence electrons. The monoisotopic (exact) mass is 305 g/mol. The van der Waals surface area contributed by atoms with Gasteiger partial charge in [0.1, 0.15) is 0 Å². The molecule has 0 aromatic heterocycles. The molecule has 0 spiro atoms. The van der Waals surface area contributed by atoms with Crippen molar-refractivity contribution in [2.24, 2.45) is 5.92 Å². The molecule has 1 saturated heterocycles. The maximum absolute atomic E-state index is 12.3. The number of rotatable bonds is 7. The number of carbonyl (C=O) groups excluding carboxylic acids is 1. The van der Waals surface area contributed by atoms with E-state index >= 15 is 0 Å². The van der Waals surface area contributed by atoms with Crippen LogP contribution in [0.15, 0.2) is 30.3 Å². The van der Waals surface area contributed by atoms with Crippen LogP contribution in [0.4, 0.5) is 0 Å². The molecule has 1 fully saturated rings. The highest BCUT2D eigenvalue weighted by molar-refractivity contribution is 5.83. The Kier molecular flexibility index (Phi) is 6.87. The van der Waals surface area contributed by atoms with Crippen molar-refractivity contribution in [2.75, 3.05) is 19.8 Å². The van der Waals surface area contributed by atoms with Gasteiger partial charge in [-0.25, -0.2) is 0 Å². The lowest BCUT2D eigenvalue weighted by Crippen LogP contribution is -2.34. The van der Waals surface area contributed by atoms with Gasteiger partial charge < -0.3 is 15.2 Å². The number of ether oxygens (including phenoxy) is 1. The van der Waals surface area contributed by atoms with Gasteiger partial charge in [-0.15, -0.1) is 0 Å². The maximum atomic E-state index is 12.3. The molecule has 0 unspecified atom stereocenters. The lowest BCUT2D eigenvalue weighted by molar-refractivity contribution is -0.122. The molecular weight excluding hydrogens is 278 g/mol. The summed E-state index contributed by atoms with van der Waals surface area (Å²) >= 11 is 0. The first kappa shape index (κ1) is 17.0. The zero-order chi connectivity index (χ0) is 15.8. The normalized spacial score (nSPS) is 18.6. The SMILES string of the molecule is CC[C@@H](C(=O)NCC[C@H](O)C1CCOCC1)c1ccccc1. The van der Waals surface area contributed by atoms with E-state index in [4.69, 9.17) is 4.74 Å². The van der Waals surface area contributed by atoms with Crippen LogP contribution in [0.5, 0.6) is 0 Å². The quantitative estimate of drug-likeness (QED) is 0.813. The predicted octanol–water partition coefficient (Wildman–Crippen LogP) is 2.47. The third kappa shape index (κ3) is 4.82. The molecule has 4 nitrogen and oxygen atoms in total. The lowest BCUT2D eigenvalue weighted by atomic mass is 9.92. The average Bonchev–Trinajstić information content (AvgIpc) is 2.57. The molecule has 22 heavy (non-hydrogen) atoms. The standard InChI is InChI=1S/C18H27NO3/c1-2-16(14-6-4-3-5-7-14)18(21)19-11-8-17(20)15-9-12-22-13-10-15/h3-7,15-17,20H,2,8-13H2,1H3,(H,19,21)/t16-,17+/m1/s1. The van der Waals surface area contributed by atoms with Gasteiger partial charge in [-0.3, -0.25) is 4.79 Å². The number of amides is 1. The Labute approximate surface area is 132 Å². The van der Waals surface area contributed by atoms with Gasteiger partial charge in [0.05, 0.1) is 12.0 Å². The minimum atomic E-state index is -0.346. The van der Waals surface area contributed by atoms with Gasteiger partial charge in [0, 0.05) is 19.8 Å². The van der Waals surface area contributed by atoms with Crippen LogP contribution >= 0.6 is 0 Å². The number of benzene rings is 1. The summed E-state index contributed by atoms with van der Waals surface area (Å²) in [6, 6.07) is 9.86. The van der Waals surface area contributed by atoms with Crippen LogP contribution in [0.1, 0.15) is 44.1 Å². The highest BCUT2D eigenvalue weighted by atomic mass is 16.5. The topological polar surface area (TPSA) is 58.6 Å². The van der Waals surface area contributed by atoms with E-state index in [0.717, 1.165) is 38.0 Å². The Morgan fingerprint density at radius 1 is 1.32 bits per heavy atom. The predicted molar refractivity (Wildman–Crippen MR) is 86.7 cm³/mol. The van der Waals surface area contributed by atoms with Crippen molar-refractivity contribution in [1.82, 2.24) is 5.32 Å². The molecular formula is C18H27NO3. The highest BCUT2D eigenvalue weighted by Crippen LogP contribution is 2.21. The number of hydrogen-bond donors (Lipinski definition) is 2. The van der Waals surface area contributed by atoms with Gasteiger partial charge in [-0.05, 0) is 37.2 Å². The summed E-state index contributed by atoms with van der Waals surface area (Å²) in [5.41, 5.74) is 1.05. The Hall–Kier alpha value is -1.39. The van der Waals surface area contributed by atoms with E-state index in [2.05, 4.69) is 5.32 Å². The molecule has 0 bridgehead atoms. The molecule has 1 aromatic carbocycles. The minimum absolute atomic E-state index is 0.0490. The van der Waals surface area contributed by atoms with Crippen molar-refractivity contribution >= 4 is 5.91 Å². The van der Waals surface area contributed by atoms with E-state index in [1.807, 2.05) is 37.3 Å². The fraction of sp³-hybridized carbons (Fsp3) is 0.611. The van der Waals surface area contributed by atoms with E-state index in [-0.39, 0.29) is 17.9 Å². The summed E-state index contributed by atoms with van der Waals surface area (Å²) in [6.45, 7) is 4.02. The van der Waals surface area contributed by atoms with Gasteiger partial charge in [0.2, 0.25) is 5.91 Å². The molecule has 4 heteroatoms. The van der Waals surface area contributed by atoms with Crippen molar-refractivity contribution in [1.29, 1.82) is 0 Å². The Morgan fingerprint density at radius 2 is 2.00 bits per heavy atom. The number of carbonyl (C=O) groups is 1. The minimum Gasteiger partial charge on any atom is -0.393 e. The second kappa shape index (κ2) is 8.91. The third-order valence-electron chi connectivity index (χ3n) is 4.48. The first-order chi connectivity index (χ1) is 10.7. The number of hydrogen-bond acceptors (Lipinski definition) is 3. The average molecular weight is 305 g/mol. The van der Waals surface area contributed by atoms with Crippen molar-refractivity contribution in [3.63, 3.8) is 0 Å². The van der Waals surface area contributed by atoms with Crippen LogP contribution in [0.3, 0.4) is 0 Å². The van der Waals surface area contributed by atoms with Crippen molar-refractivity contribution in [3.8, 4) is 0 Å². The molecule has 1 aromatic rings. The number of aliphatic hydroxyl groups is 1. The maximum Gasteiger partial charge on any atom is 0.227 e. The summed E-state index contributed by atoms with van der Waals surface area (Å²) in [5, 5.41) is 13.2. The zero-order valence-electron chi connectivity index (χ0n) is 13.3. The second-order valence-corrected chi connectivity index (χ2v) is 5.97. The Bertz CT molecular complexity index is 443. The van der Waals surface area contributed by atoms with Crippen LogP contribution in [-0.4, -0.2) is 36.9 Å². The zero-order valence-corrected chi connectivity index (χ0v) is 13.3. The first-order valence-electron chi connectivity index (χ1n) is 8.30. The van der Waals surface area contributed by atoms with E-state index in [1.54, 1.807) is 0 Å². The number of aliphatic hydroxyl groups excluding tert-OH is 1. The van der Waals surface area contributed by atoms with E-state index in [0.29, 0.717) is 18.9 Å². The van der Waals surface area contributed by atoms with Crippen LogP contribution < -0.4 is 5.32 Å². The molecule has 2 atom stereocenters. The molecule has 1 aliphatic rings. The van der Waals surface area contributed by atoms with Gasteiger partial charge in [-0.1, -0.05) is 37.3 Å². The molecule has 2 rings (SSSR count). The third-order valence-corrected chi connectivity index (χ3v) is 4.48. The van der Waals surface area contributed by atoms with Crippen molar-refractivity contribution in [2.45, 2.75) is 44.6 Å². The largest absolute Gasteiger partial charge is 0.393 e. The smallest absolute Gasteiger partial charge is 0.227 e. The van der Waals surface area contributed by atoms with Gasteiger partial charge in [-0.2, -0.15) is 0 Å².